The topological polar surface area (TPSA) is 72.4 Å². The molecule has 0 unspecified atom stereocenters. The molecule has 2 aromatic heterocycles. The highest BCUT2D eigenvalue weighted by Gasteiger charge is 2.24. The third kappa shape index (κ3) is 4.76. The predicted octanol–water partition coefficient (Wildman–Crippen LogP) is 4.46. The number of aromatic nitrogens is 1. The van der Waals surface area contributed by atoms with E-state index < -0.39 is 0 Å². The molecule has 0 aliphatic carbocycles. The maximum absolute atomic E-state index is 12.5. The maximum Gasteiger partial charge on any atom is 0.289 e. The molecule has 1 aromatic carbocycles. The third-order valence-electron chi connectivity index (χ3n) is 3.89. The van der Waals surface area contributed by atoms with Gasteiger partial charge >= 0.3 is 0 Å². The van der Waals surface area contributed by atoms with Crippen molar-refractivity contribution in [3.8, 4) is 10.8 Å². The van der Waals surface area contributed by atoms with Crippen LogP contribution in [-0.2, 0) is 0 Å². The van der Waals surface area contributed by atoms with Crippen molar-refractivity contribution in [2.75, 3.05) is 20.1 Å². The molecule has 0 bridgehead atoms. The van der Waals surface area contributed by atoms with E-state index in [1.165, 1.54) is 0 Å². The van der Waals surface area contributed by atoms with Gasteiger partial charge in [0.05, 0.1) is 10.2 Å². The van der Waals surface area contributed by atoms with Crippen LogP contribution >= 0.6 is 36.2 Å². The highest BCUT2D eigenvalue weighted by molar-refractivity contribution is 7.21. The lowest BCUT2D eigenvalue weighted by Gasteiger charge is -2.28. The monoisotopic (exact) mass is 415 g/mol. The Morgan fingerprint density at radius 3 is 2.58 bits per heavy atom. The Morgan fingerprint density at radius 2 is 1.92 bits per heavy atom. The second kappa shape index (κ2) is 8.86. The van der Waals surface area contributed by atoms with Gasteiger partial charge in [-0.1, -0.05) is 26.0 Å². The number of hydrogen-bond donors (Lipinski definition) is 1. The van der Waals surface area contributed by atoms with Crippen LogP contribution in [0.1, 0.15) is 24.4 Å². The van der Waals surface area contributed by atoms with Crippen molar-refractivity contribution in [3.63, 3.8) is 0 Å². The van der Waals surface area contributed by atoms with E-state index in [2.05, 4.69) is 4.98 Å². The Kier molecular flexibility index (Phi) is 7.65. The summed E-state index contributed by atoms with van der Waals surface area (Å²) in [7, 11) is 1.76. The molecule has 0 saturated heterocycles. The average Bonchev–Trinajstić information content (AvgIpc) is 3.20. The summed E-state index contributed by atoms with van der Waals surface area (Å²) in [5.41, 5.74) is 6.54. The van der Waals surface area contributed by atoms with Crippen LogP contribution < -0.4 is 5.73 Å². The standard InChI is InChI=1S/C18H21N3O2S.2ClH/c1-18(2,10-19)11-21(3)17(22)14-9-8-13(23-14)16-20-12-6-4-5-7-15(12)24-16;;/h4-9H,10-11,19H2,1-3H3;2*1H. The molecule has 2 heterocycles. The first-order chi connectivity index (χ1) is 11.4. The van der Waals surface area contributed by atoms with Crippen molar-refractivity contribution < 1.29 is 9.21 Å². The lowest BCUT2D eigenvalue weighted by Crippen LogP contribution is -2.39. The fraction of sp³-hybridized carbons (Fsp3) is 0.333. The lowest BCUT2D eigenvalue weighted by atomic mass is 9.93. The first kappa shape index (κ1) is 22.4. The number of nitrogens with two attached hydrogens (primary N) is 1. The number of furan rings is 1. The van der Waals surface area contributed by atoms with E-state index in [1.807, 2.05) is 38.1 Å². The molecule has 8 heteroatoms. The van der Waals surface area contributed by atoms with Crippen LogP contribution in [-0.4, -0.2) is 35.9 Å². The molecular weight excluding hydrogens is 393 g/mol. The van der Waals surface area contributed by atoms with E-state index in [-0.39, 0.29) is 36.1 Å². The molecule has 0 radical (unpaired) electrons. The Morgan fingerprint density at radius 1 is 1.23 bits per heavy atom. The zero-order valence-electron chi connectivity index (χ0n) is 14.9. The highest BCUT2D eigenvalue weighted by Crippen LogP contribution is 2.31. The Balaban J connectivity index is 0.00000169. The fourth-order valence-corrected chi connectivity index (χ4v) is 3.44. The van der Waals surface area contributed by atoms with Crippen molar-refractivity contribution in [3.05, 3.63) is 42.2 Å². The van der Waals surface area contributed by atoms with Gasteiger partial charge in [-0.2, -0.15) is 0 Å². The van der Waals surface area contributed by atoms with E-state index in [4.69, 9.17) is 10.2 Å². The van der Waals surface area contributed by atoms with E-state index in [0.29, 0.717) is 24.6 Å². The van der Waals surface area contributed by atoms with Crippen molar-refractivity contribution in [2.45, 2.75) is 13.8 Å². The molecule has 1 amide bonds. The van der Waals surface area contributed by atoms with Crippen LogP contribution in [0, 0.1) is 5.41 Å². The van der Waals surface area contributed by atoms with E-state index in [1.54, 1.807) is 35.4 Å². The molecule has 0 fully saturated rings. The molecule has 0 atom stereocenters. The molecule has 0 spiro atoms. The zero-order valence-corrected chi connectivity index (χ0v) is 17.3. The number of rotatable bonds is 5. The van der Waals surface area contributed by atoms with Gasteiger partial charge in [0.25, 0.3) is 5.91 Å². The number of hydrogen-bond acceptors (Lipinski definition) is 5. The van der Waals surface area contributed by atoms with Crippen LogP contribution in [0.5, 0.6) is 0 Å². The first-order valence-electron chi connectivity index (χ1n) is 7.81. The van der Waals surface area contributed by atoms with Gasteiger partial charge in [-0.3, -0.25) is 4.79 Å². The number of halogens is 2. The Bertz CT molecular complexity index is 843. The summed E-state index contributed by atoms with van der Waals surface area (Å²) in [4.78, 5) is 18.7. The van der Waals surface area contributed by atoms with Gasteiger partial charge in [0, 0.05) is 13.6 Å². The summed E-state index contributed by atoms with van der Waals surface area (Å²) in [6.07, 6.45) is 0. The second-order valence-electron chi connectivity index (χ2n) is 6.68. The smallest absolute Gasteiger partial charge is 0.289 e. The molecule has 5 nitrogen and oxygen atoms in total. The number of carbonyl (C=O) groups excluding carboxylic acids is 1. The molecular formula is C18H23Cl2N3O2S. The number of benzene rings is 1. The Labute approximate surface area is 169 Å². The van der Waals surface area contributed by atoms with Crippen molar-refractivity contribution >= 4 is 52.3 Å². The van der Waals surface area contributed by atoms with Crippen molar-refractivity contribution in [1.29, 1.82) is 0 Å². The molecule has 0 aliphatic rings. The van der Waals surface area contributed by atoms with Gasteiger partial charge in [-0.05, 0) is 36.2 Å². The molecule has 3 rings (SSSR count). The second-order valence-corrected chi connectivity index (χ2v) is 7.71. The van der Waals surface area contributed by atoms with Gasteiger partial charge < -0.3 is 15.1 Å². The third-order valence-corrected chi connectivity index (χ3v) is 4.94. The molecule has 0 aliphatic heterocycles. The molecule has 2 N–H and O–H groups in total. The first-order valence-corrected chi connectivity index (χ1v) is 8.62. The fourth-order valence-electron chi connectivity index (χ4n) is 2.51. The molecule has 26 heavy (non-hydrogen) atoms. The summed E-state index contributed by atoms with van der Waals surface area (Å²) in [5, 5.41) is 0.778. The van der Waals surface area contributed by atoms with Crippen LogP contribution in [0.15, 0.2) is 40.8 Å². The average molecular weight is 416 g/mol. The number of fused-ring (bicyclic) bond motifs is 1. The van der Waals surface area contributed by atoms with Gasteiger partial charge in [0.2, 0.25) is 0 Å². The number of nitrogens with zero attached hydrogens (tertiary/aromatic N) is 2. The summed E-state index contributed by atoms with van der Waals surface area (Å²) >= 11 is 1.55. The van der Waals surface area contributed by atoms with Crippen LogP contribution in [0.2, 0.25) is 0 Å². The highest BCUT2D eigenvalue weighted by atomic mass is 35.5. The minimum Gasteiger partial charge on any atom is -0.448 e. The molecule has 0 saturated carbocycles. The number of amides is 1. The summed E-state index contributed by atoms with van der Waals surface area (Å²) in [6, 6.07) is 11.4. The van der Waals surface area contributed by atoms with E-state index >= 15 is 0 Å². The minimum atomic E-state index is -0.149. The SMILES string of the molecule is CN(CC(C)(C)CN)C(=O)c1ccc(-c2nc3ccccc3s2)o1.Cl.Cl. The lowest BCUT2D eigenvalue weighted by molar-refractivity contribution is 0.0710. The summed E-state index contributed by atoms with van der Waals surface area (Å²) < 4.78 is 6.85. The Hall–Kier alpha value is -1.60. The minimum absolute atomic E-state index is 0. The quantitative estimate of drug-likeness (QED) is 0.667. The largest absolute Gasteiger partial charge is 0.448 e. The van der Waals surface area contributed by atoms with Crippen molar-refractivity contribution in [1.82, 2.24) is 9.88 Å². The zero-order chi connectivity index (χ0) is 17.3. The van der Waals surface area contributed by atoms with Gasteiger partial charge in [-0.25, -0.2) is 4.98 Å². The number of thiazole rings is 1. The summed E-state index contributed by atoms with van der Waals surface area (Å²) in [6.45, 7) is 5.15. The summed E-state index contributed by atoms with van der Waals surface area (Å²) in [5.74, 6) is 0.787. The molecule has 142 valence electrons. The van der Waals surface area contributed by atoms with Crippen LogP contribution in [0.4, 0.5) is 0 Å². The molecule has 3 aromatic rings. The van der Waals surface area contributed by atoms with E-state index in [0.717, 1.165) is 15.2 Å². The van der Waals surface area contributed by atoms with E-state index in [9.17, 15) is 4.79 Å². The van der Waals surface area contributed by atoms with Gasteiger partial charge in [0.1, 0.15) is 0 Å². The maximum atomic E-state index is 12.5. The van der Waals surface area contributed by atoms with Crippen LogP contribution in [0.3, 0.4) is 0 Å². The van der Waals surface area contributed by atoms with Gasteiger partial charge in [-0.15, -0.1) is 36.2 Å². The van der Waals surface area contributed by atoms with Crippen LogP contribution in [0.25, 0.3) is 21.0 Å². The number of carbonyl (C=O) groups is 1. The van der Waals surface area contributed by atoms with Crippen molar-refractivity contribution in [2.24, 2.45) is 11.1 Å². The predicted molar refractivity (Wildman–Crippen MR) is 112 cm³/mol. The van der Waals surface area contributed by atoms with Gasteiger partial charge in [0.15, 0.2) is 16.5 Å². The number of para-hydroxylation sites is 1. The normalized spacial score (nSPS) is 10.9.